The van der Waals surface area contributed by atoms with Gasteiger partial charge >= 0.3 is 0 Å². The van der Waals surface area contributed by atoms with Gasteiger partial charge in [0, 0.05) is 29.5 Å². The van der Waals surface area contributed by atoms with Crippen molar-refractivity contribution in [3.8, 4) is 5.75 Å². The van der Waals surface area contributed by atoms with E-state index in [-0.39, 0.29) is 5.91 Å². The number of carbonyl (C=O) groups is 1. The fourth-order valence-electron chi connectivity index (χ4n) is 3.19. The van der Waals surface area contributed by atoms with Gasteiger partial charge in [-0.25, -0.2) is 4.98 Å². The van der Waals surface area contributed by atoms with Gasteiger partial charge in [0.25, 0.3) is 0 Å². The number of fused-ring (bicyclic) bond motifs is 1. The molecule has 4 rings (SSSR count). The number of nitrogens with zero attached hydrogens (tertiary/aromatic N) is 3. The molecule has 5 nitrogen and oxygen atoms in total. The molecule has 2 aromatic carbocycles. The number of thioether (sulfide) groups is 1. The molecule has 31 heavy (non-hydrogen) atoms. The second-order valence-corrected chi connectivity index (χ2v) is 9.20. The molecule has 2 aromatic heterocycles. The van der Waals surface area contributed by atoms with Crippen LogP contribution < -0.4 is 9.64 Å². The fraction of sp³-hybridized carbons (Fsp3) is 0.208. The number of aryl methyl sites for hydroxylation is 1. The van der Waals surface area contributed by atoms with Gasteiger partial charge < -0.3 is 4.74 Å². The van der Waals surface area contributed by atoms with Crippen molar-refractivity contribution in [3.63, 3.8) is 0 Å². The van der Waals surface area contributed by atoms with Gasteiger partial charge in [-0.1, -0.05) is 23.5 Å². The number of para-hydroxylation sites is 1. The zero-order chi connectivity index (χ0) is 21.6. The number of anilines is 1. The SMILES string of the molecule is COc1ccc(SCCC(=O)N(Cc2ccncc2)c2nc3c(C)cccc3s2)cc1. The molecule has 0 aliphatic rings. The predicted octanol–water partition coefficient (Wildman–Crippen LogP) is 5.72. The molecule has 0 aliphatic heterocycles. The second-order valence-electron chi connectivity index (χ2n) is 7.03. The van der Waals surface area contributed by atoms with Gasteiger partial charge in [-0.05, 0) is 60.5 Å². The number of amides is 1. The third-order valence-electron chi connectivity index (χ3n) is 4.88. The van der Waals surface area contributed by atoms with Gasteiger partial charge in [-0.3, -0.25) is 14.7 Å². The fourth-order valence-corrected chi connectivity index (χ4v) is 5.09. The summed E-state index contributed by atoms with van der Waals surface area (Å²) in [5.41, 5.74) is 3.11. The van der Waals surface area contributed by atoms with Crippen LogP contribution in [0.3, 0.4) is 0 Å². The first-order chi connectivity index (χ1) is 15.1. The van der Waals surface area contributed by atoms with Crippen molar-refractivity contribution in [3.05, 3.63) is 78.1 Å². The van der Waals surface area contributed by atoms with Crippen molar-refractivity contribution in [2.24, 2.45) is 0 Å². The van der Waals surface area contributed by atoms with Crippen molar-refractivity contribution < 1.29 is 9.53 Å². The summed E-state index contributed by atoms with van der Waals surface area (Å²) >= 11 is 3.22. The molecule has 0 spiro atoms. The van der Waals surface area contributed by atoms with Gasteiger partial charge in [-0.15, -0.1) is 11.8 Å². The number of pyridine rings is 1. The molecular weight excluding hydrogens is 426 g/mol. The average molecular weight is 450 g/mol. The van der Waals surface area contributed by atoms with E-state index in [4.69, 9.17) is 9.72 Å². The largest absolute Gasteiger partial charge is 0.497 e. The summed E-state index contributed by atoms with van der Waals surface area (Å²) in [6.07, 6.45) is 3.93. The summed E-state index contributed by atoms with van der Waals surface area (Å²) < 4.78 is 6.29. The minimum Gasteiger partial charge on any atom is -0.497 e. The van der Waals surface area contributed by atoms with Crippen LogP contribution in [0.2, 0.25) is 0 Å². The molecule has 0 bridgehead atoms. The van der Waals surface area contributed by atoms with Crippen LogP contribution in [0.25, 0.3) is 10.2 Å². The first-order valence-electron chi connectivity index (χ1n) is 9.96. The predicted molar refractivity (Wildman–Crippen MR) is 128 cm³/mol. The lowest BCUT2D eigenvalue weighted by Crippen LogP contribution is -2.30. The van der Waals surface area contributed by atoms with E-state index in [0.29, 0.717) is 18.7 Å². The number of rotatable bonds is 8. The van der Waals surface area contributed by atoms with E-state index in [0.717, 1.165) is 37.1 Å². The van der Waals surface area contributed by atoms with Crippen molar-refractivity contribution in [2.75, 3.05) is 17.8 Å². The molecule has 0 saturated carbocycles. The highest BCUT2D eigenvalue weighted by atomic mass is 32.2. The Bertz CT molecular complexity index is 1160. The Balaban J connectivity index is 1.51. The molecule has 158 valence electrons. The molecule has 7 heteroatoms. The quantitative estimate of drug-likeness (QED) is 0.322. The van der Waals surface area contributed by atoms with E-state index in [1.165, 1.54) is 0 Å². The molecule has 0 aliphatic carbocycles. The van der Waals surface area contributed by atoms with Crippen LogP contribution in [-0.2, 0) is 11.3 Å². The van der Waals surface area contributed by atoms with E-state index in [1.807, 2.05) is 55.5 Å². The van der Waals surface area contributed by atoms with Gasteiger partial charge in [0.2, 0.25) is 5.91 Å². The Morgan fingerprint density at radius 3 is 2.58 bits per heavy atom. The summed E-state index contributed by atoms with van der Waals surface area (Å²) in [6.45, 7) is 2.53. The maximum absolute atomic E-state index is 13.2. The number of benzene rings is 2. The zero-order valence-electron chi connectivity index (χ0n) is 17.4. The Morgan fingerprint density at radius 1 is 1.10 bits per heavy atom. The first kappa shape index (κ1) is 21.3. The van der Waals surface area contributed by atoms with Crippen LogP contribution in [0.15, 0.2) is 71.9 Å². The topological polar surface area (TPSA) is 55.3 Å². The van der Waals surface area contributed by atoms with E-state index in [2.05, 4.69) is 11.1 Å². The molecule has 0 atom stereocenters. The Kier molecular flexibility index (Phi) is 6.84. The lowest BCUT2D eigenvalue weighted by Gasteiger charge is -2.20. The van der Waals surface area contributed by atoms with E-state index < -0.39 is 0 Å². The van der Waals surface area contributed by atoms with Crippen LogP contribution in [0.4, 0.5) is 5.13 Å². The van der Waals surface area contributed by atoms with Crippen molar-refractivity contribution in [1.82, 2.24) is 9.97 Å². The molecule has 0 fully saturated rings. The van der Waals surface area contributed by atoms with E-state index >= 15 is 0 Å². The molecular formula is C24H23N3O2S2. The third-order valence-corrected chi connectivity index (χ3v) is 6.93. The molecule has 4 aromatic rings. The minimum absolute atomic E-state index is 0.0644. The molecule has 0 saturated heterocycles. The highest BCUT2D eigenvalue weighted by molar-refractivity contribution is 7.99. The number of hydrogen-bond donors (Lipinski definition) is 0. The highest BCUT2D eigenvalue weighted by Crippen LogP contribution is 2.32. The van der Waals surface area contributed by atoms with Crippen LogP contribution in [0.1, 0.15) is 17.5 Å². The van der Waals surface area contributed by atoms with Crippen LogP contribution in [-0.4, -0.2) is 28.7 Å². The summed E-state index contributed by atoms with van der Waals surface area (Å²) in [6, 6.07) is 17.9. The number of ether oxygens (including phenoxy) is 1. The summed E-state index contributed by atoms with van der Waals surface area (Å²) in [7, 11) is 1.65. The number of aromatic nitrogens is 2. The molecule has 0 radical (unpaired) electrons. The highest BCUT2D eigenvalue weighted by Gasteiger charge is 2.20. The van der Waals surface area contributed by atoms with E-state index in [1.54, 1.807) is 47.5 Å². The van der Waals surface area contributed by atoms with Gasteiger partial charge in [0.05, 0.1) is 23.9 Å². The Hall–Kier alpha value is -2.90. The maximum Gasteiger partial charge on any atom is 0.229 e. The van der Waals surface area contributed by atoms with Crippen molar-refractivity contribution >= 4 is 44.4 Å². The summed E-state index contributed by atoms with van der Waals surface area (Å²) in [5.74, 6) is 1.59. The number of methoxy groups -OCH3 is 1. The van der Waals surface area contributed by atoms with Crippen LogP contribution in [0.5, 0.6) is 5.75 Å². The first-order valence-corrected chi connectivity index (χ1v) is 11.8. The Labute approximate surface area is 190 Å². The lowest BCUT2D eigenvalue weighted by molar-refractivity contribution is -0.118. The molecule has 1 amide bonds. The monoisotopic (exact) mass is 449 g/mol. The second kappa shape index (κ2) is 9.94. The number of thiazole rings is 1. The van der Waals surface area contributed by atoms with Gasteiger partial charge in [-0.2, -0.15) is 0 Å². The van der Waals surface area contributed by atoms with Crippen LogP contribution in [0, 0.1) is 6.92 Å². The minimum atomic E-state index is 0.0644. The summed E-state index contributed by atoms with van der Waals surface area (Å²) in [5, 5.41) is 0.737. The van der Waals surface area contributed by atoms with Crippen LogP contribution >= 0.6 is 23.1 Å². The Morgan fingerprint density at radius 2 is 1.87 bits per heavy atom. The molecule has 0 N–H and O–H groups in total. The molecule has 0 unspecified atom stereocenters. The summed E-state index contributed by atoms with van der Waals surface area (Å²) in [4.78, 5) is 25.0. The van der Waals surface area contributed by atoms with Gasteiger partial charge in [0.15, 0.2) is 5.13 Å². The van der Waals surface area contributed by atoms with Crippen molar-refractivity contribution in [2.45, 2.75) is 24.8 Å². The average Bonchev–Trinajstić information content (AvgIpc) is 3.24. The third kappa shape index (κ3) is 5.24. The zero-order valence-corrected chi connectivity index (χ0v) is 19.1. The van der Waals surface area contributed by atoms with Gasteiger partial charge in [0.1, 0.15) is 5.75 Å². The molecule has 2 heterocycles. The number of carbonyl (C=O) groups excluding carboxylic acids is 1. The number of hydrogen-bond acceptors (Lipinski definition) is 6. The standard InChI is InChI=1S/C24H23N3O2S2/c1-17-4-3-5-21-23(17)26-24(31-21)27(16-18-10-13-25-14-11-18)22(28)12-15-30-20-8-6-19(29-2)7-9-20/h3-11,13-14H,12,15-16H2,1-2H3. The normalized spacial score (nSPS) is 10.9. The lowest BCUT2D eigenvalue weighted by atomic mass is 10.2. The smallest absolute Gasteiger partial charge is 0.229 e. The van der Waals surface area contributed by atoms with E-state index in [9.17, 15) is 4.79 Å². The van der Waals surface area contributed by atoms with Crippen molar-refractivity contribution in [1.29, 1.82) is 0 Å². The maximum atomic E-state index is 13.2.